The number of likely N-dealkylation sites (N-methyl/N-ethyl adjacent to an activating group) is 1. The lowest BCUT2D eigenvalue weighted by Crippen LogP contribution is -2.46. The number of pyridine rings is 1. The maximum Gasteiger partial charge on any atom is 0.320 e. The summed E-state index contributed by atoms with van der Waals surface area (Å²) in [4.78, 5) is 27.4. The molecule has 0 N–H and O–H groups in total. The van der Waals surface area contributed by atoms with Crippen molar-refractivity contribution < 1.29 is 4.79 Å². The second-order valence-electron chi connectivity index (χ2n) is 7.82. The van der Waals surface area contributed by atoms with Crippen LogP contribution in [0.3, 0.4) is 0 Å². The Kier molecular flexibility index (Phi) is 4.54. The van der Waals surface area contributed by atoms with Crippen molar-refractivity contribution >= 4 is 17.5 Å². The molecule has 2 saturated heterocycles. The van der Waals surface area contributed by atoms with Crippen molar-refractivity contribution in [2.75, 3.05) is 38.1 Å². The third-order valence-electron chi connectivity index (χ3n) is 6.04. The van der Waals surface area contributed by atoms with Crippen LogP contribution in [0.15, 0.2) is 42.9 Å². The summed E-state index contributed by atoms with van der Waals surface area (Å²) >= 11 is 0. The average molecular weight is 391 g/mol. The minimum Gasteiger partial charge on any atom is -0.353 e. The SMILES string of the molecule is CN(C(=O)N1CCCC1)C1CCN(c2ccc3ncc(-c4ccncc4)n3n2)C1. The first-order chi connectivity index (χ1) is 14.2. The molecule has 0 saturated carbocycles. The van der Waals surface area contributed by atoms with Gasteiger partial charge >= 0.3 is 6.03 Å². The molecule has 29 heavy (non-hydrogen) atoms. The molecule has 150 valence electrons. The molecule has 5 rings (SSSR count). The number of likely N-dealkylation sites (tertiary alicyclic amines) is 1. The van der Waals surface area contributed by atoms with E-state index in [2.05, 4.69) is 14.9 Å². The molecule has 8 nitrogen and oxygen atoms in total. The van der Waals surface area contributed by atoms with Gasteiger partial charge in [-0.1, -0.05) is 0 Å². The van der Waals surface area contributed by atoms with E-state index in [1.807, 2.05) is 51.8 Å². The van der Waals surface area contributed by atoms with Crippen LogP contribution < -0.4 is 4.90 Å². The van der Waals surface area contributed by atoms with Gasteiger partial charge in [-0.05, 0) is 43.5 Å². The van der Waals surface area contributed by atoms with Gasteiger partial charge in [-0.25, -0.2) is 14.3 Å². The van der Waals surface area contributed by atoms with Gasteiger partial charge in [0.25, 0.3) is 0 Å². The first-order valence-corrected chi connectivity index (χ1v) is 10.2. The Hall–Kier alpha value is -3.16. The van der Waals surface area contributed by atoms with Gasteiger partial charge in [-0.15, -0.1) is 5.10 Å². The van der Waals surface area contributed by atoms with Crippen LogP contribution in [0.4, 0.5) is 10.6 Å². The lowest BCUT2D eigenvalue weighted by molar-refractivity contribution is 0.159. The highest BCUT2D eigenvalue weighted by atomic mass is 16.2. The van der Waals surface area contributed by atoms with Crippen molar-refractivity contribution in [2.24, 2.45) is 0 Å². The van der Waals surface area contributed by atoms with Crippen LogP contribution >= 0.6 is 0 Å². The molecule has 2 aliphatic rings. The molecule has 2 aliphatic heterocycles. The largest absolute Gasteiger partial charge is 0.353 e. The van der Waals surface area contributed by atoms with Gasteiger partial charge in [0.05, 0.1) is 17.9 Å². The summed E-state index contributed by atoms with van der Waals surface area (Å²) in [7, 11) is 1.93. The molecule has 0 bridgehead atoms. The normalized spacial score (nSPS) is 19.3. The summed E-state index contributed by atoms with van der Waals surface area (Å²) < 4.78 is 1.89. The monoisotopic (exact) mass is 391 g/mol. The molecule has 3 aromatic rings. The molecule has 0 radical (unpaired) electrons. The van der Waals surface area contributed by atoms with E-state index in [0.29, 0.717) is 0 Å². The molecule has 0 aromatic carbocycles. The van der Waals surface area contributed by atoms with Gasteiger partial charge in [0.2, 0.25) is 0 Å². The standard InChI is InChI=1S/C21H25N7O/c1-25(21(29)26-11-2-3-12-26)17-8-13-27(15-17)20-5-4-19-23-14-18(28(19)24-20)16-6-9-22-10-7-16/h4-7,9-10,14,17H,2-3,8,11-13,15H2,1H3. The van der Waals surface area contributed by atoms with E-state index in [0.717, 1.165) is 68.2 Å². The molecule has 2 fully saturated rings. The Morgan fingerprint density at radius 2 is 1.90 bits per heavy atom. The number of hydrogen-bond donors (Lipinski definition) is 0. The molecule has 5 heterocycles. The van der Waals surface area contributed by atoms with Crippen molar-refractivity contribution in [3.05, 3.63) is 42.9 Å². The number of rotatable bonds is 3. The number of carbonyl (C=O) groups excluding carboxylic acids is 1. The first kappa shape index (κ1) is 17.9. The summed E-state index contributed by atoms with van der Waals surface area (Å²) in [5.41, 5.74) is 2.80. The van der Waals surface area contributed by atoms with Gasteiger partial charge in [0.1, 0.15) is 5.82 Å². The van der Waals surface area contributed by atoms with Crippen molar-refractivity contribution in [3.8, 4) is 11.3 Å². The van der Waals surface area contributed by atoms with Crippen LogP contribution in [0.5, 0.6) is 0 Å². The maximum atomic E-state index is 12.7. The van der Waals surface area contributed by atoms with Crippen molar-refractivity contribution in [2.45, 2.75) is 25.3 Å². The van der Waals surface area contributed by atoms with Crippen LogP contribution in [0.2, 0.25) is 0 Å². The number of fused-ring (bicyclic) bond motifs is 1. The van der Waals surface area contributed by atoms with Crippen LogP contribution in [0.1, 0.15) is 19.3 Å². The third-order valence-corrected chi connectivity index (χ3v) is 6.04. The van der Waals surface area contributed by atoms with Crippen LogP contribution in [-0.4, -0.2) is 74.7 Å². The van der Waals surface area contributed by atoms with Gasteiger partial charge < -0.3 is 14.7 Å². The van der Waals surface area contributed by atoms with E-state index in [9.17, 15) is 4.79 Å². The molecular weight excluding hydrogens is 366 g/mol. The van der Waals surface area contributed by atoms with E-state index >= 15 is 0 Å². The number of anilines is 1. The number of aromatic nitrogens is 4. The first-order valence-electron chi connectivity index (χ1n) is 10.2. The quantitative estimate of drug-likeness (QED) is 0.686. The van der Waals surface area contributed by atoms with Crippen LogP contribution in [0, 0.1) is 0 Å². The summed E-state index contributed by atoms with van der Waals surface area (Å²) in [6.45, 7) is 3.46. The predicted octanol–water partition coefficient (Wildman–Crippen LogP) is 2.52. The zero-order valence-electron chi connectivity index (χ0n) is 16.6. The Morgan fingerprint density at radius 1 is 1.10 bits per heavy atom. The van der Waals surface area contributed by atoms with Crippen molar-refractivity contribution in [3.63, 3.8) is 0 Å². The van der Waals surface area contributed by atoms with Gasteiger partial charge in [-0.3, -0.25) is 4.98 Å². The highest BCUT2D eigenvalue weighted by Gasteiger charge is 2.32. The Bertz CT molecular complexity index is 1010. The second kappa shape index (κ2) is 7.35. The molecule has 1 unspecified atom stereocenters. The Morgan fingerprint density at radius 3 is 2.69 bits per heavy atom. The van der Waals surface area contributed by atoms with E-state index in [4.69, 9.17) is 5.10 Å². The van der Waals surface area contributed by atoms with Gasteiger partial charge in [0, 0.05) is 51.2 Å². The highest BCUT2D eigenvalue weighted by Crippen LogP contribution is 2.25. The minimum atomic E-state index is 0.160. The molecule has 2 amide bonds. The second-order valence-corrected chi connectivity index (χ2v) is 7.82. The molecule has 0 spiro atoms. The number of carbonyl (C=O) groups is 1. The predicted molar refractivity (Wildman–Crippen MR) is 111 cm³/mol. The molecule has 1 atom stereocenters. The van der Waals surface area contributed by atoms with E-state index in [1.54, 1.807) is 12.4 Å². The summed E-state index contributed by atoms with van der Waals surface area (Å²) in [6, 6.07) is 8.31. The minimum absolute atomic E-state index is 0.160. The lowest BCUT2D eigenvalue weighted by atomic mass is 10.2. The fraction of sp³-hybridized carbons (Fsp3) is 0.429. The van der Waals surface area contributed by atoms with Crippen LogP contribution in [-0.2, 0) is 0 Å². The zero-order valence-corrected chi connectivity index (χ0v) is 16.6. The number of nitrogens with zero attached hydrogens (tertiary/aromatic N) is 7. The Balaban J connectivity index is 1.35. The number of hydrogen-bond acceptors (Lipinski definition) is 5. The van der Waals surface area contributed by atoms with E-state index < -0.39 is 0 Å². The van der Waals surface area contributed by atoms with Crippen molar-refractivity contribution in [1.82, 2.24) is 29.4 Å². The number of imidazole rings is 1. The zero-order chi connectivity index (χ0) is 19.8. The van der Waals surface area contributed by atoms with E-state index in [1.165, 1.54) is 0 Å². The van der Waals surface area contributed by atoms with Gasteiger partial charge in [0.15, 0.2) is 5.65 Å². The highest BCUT2D eigenvalue weighted by molar-refractivity contribution is 5.75. The topological polar surface area (TPSA) is 69.9 Å². The molecular formula is C21H25N7O. The number of urea groups is 1. The summed E-state index contributed by atoms with van der Waals surface area (Å²) in [6.07, 6.45) is 8.58. The van der Waals surface area contributed by atoms with Crippen LogP contribution in [0.25, 0.3) is 16.9 Å². The maximum absolute atomic E-state index is 12.7. The third kappa shape index (κ3) is 3.28. The lowest BCUT2D eigenvalue weighted by Gasteiger charge is -2.29. The van der Waals surface area contributed by atoms with Gasteiger partial charge in [-0.2, -0.15) is 0 Å². The molecule has 8 heteroatoms. The summed E-state index contributed by atoms with van der Waals surface area (Å²) in [5.74, 6) is 0.912. The molecule has 0 aliphatic carbocycles. The fourth-order valence-electron chi connectivity index (χ4n) is 4.31. The van der Waals surface area contributed by atoms with E-state index in [-0.39, 0.29) is 12.1 Å². The smallest absolute Gasteiger partial charge is 0.320 e. The number of amides is 2. The fourth-order valence-corrected chi connectivity index (χ4v) is 4.31. The Labute approximate surface area is 169 Å². The average Bonchev–Trinajstić information content (AvgIpc) is 3.53. The summed E-state index contributed by atoms with van der Waals surface area (Å²) in [5, 5.41) is 4.86. The molecule has 3 aromatic heterocycles. The van der Waals surface area contributed by atoms with Crippen molar-refractivity contribution in [1.29, 1.82) is 0 Å².